The first-order chi connectivity index (χ1) is 10.6. The van der Waals surface area contributed by atoms with E-state index in [1.54, 1.807) is 23.5 Å². The summed E-state index contributed by atoms with van der Waals surface area (Å²) in [6.45, 7) is 1.81. The van der Waals surface area contributed by atoms with E-state index in [0.29, 0.717) is 6.42 Å². The van der Waals surface area contributed by atoms with Crippen LogP contribution in [0.25, 0.3) is 10.2 Å². The summed E-state index contributed by atoms with van der Waals surface area (Å²) in [6, 6.07) is 12.6. The third-order valence-electron chi connectivity index (χ3n) is 3.30. The van der Waals surface area contributed by atoms with Crippen molar-refractivity contribution in [2.24, 2.45) is 0 Å². The molecule has 0 aliphatic rings. The molecule has 1 N–H and O–H groups in total. The number of para-hydroxylation sites is 1. The lowest BCUT2D eigenvalue weighted by Crippen LogP contribution is -2.13. The average molecular weight is 314 g/mol. The van der Waals surface area contributed by atoms with E-state index in [1.165, 1.54) is 6.07 Å². The number of nitrogens with one attached hydrogen (secondary N) is 1. The molecule has 1 aromatic heterocycles. The van der Waals surface area contributed by atoms with Gasteiger partial charge in [-0.05, 0) is 36.8 Å². The largest absolute Gasteiger partial charge is 0.324 e. The minimum atomic E-state index is -0.409. The number of fused-ring (bicyclic) bond motifs is 1. The molecule has 1 amide bonds. The van der Waals surface area contributed by atoms with Gasteiger partial charge in [-0.25, -0.2) is 9.37 Å². The Morgan fingerprint density at radius 2 is 2.09 bits per heavy atom. The number of hydrogen-bond acceptors (Lipinski definition) is 3. The Balaban J connectivity index is 1.62. The molecular weight excluding hydrogens is 299 g/mol. The monoisotopic (exact) mass is 314 g/mol. The van der Waals surface area contributed by atoms with Gasteiger partial charge in [-0.3, -0.25) is 4.79 Å². The molecular formula is C17H15FN2OS. The molecule has 0 aliphatic heterocycles. The number of anilines is 1. The van der Waals surface area contributed by atoms with Crippen LogP contribution < -0.4 is 5.32 Å². The summed E-state index contributed by atoms with van der Waals surface area (Å²) in [4.78, 5) is 16.4. The van der Waals surface area contributed by atoms with E-state index >= 15 is 0 Å². The summed E-state index contributed by atoms with van der Waals surface area (Å²) < 4.78 is 14.8. The van der Waals surface area contributed by atoms with Gasteiger partial charge < -0.3 is 5.32 Å². The van der Waals surface area contributed by atoms with Crippen molar-refractivity contribution in [1.29, 1.82) is 0 Å². The van der Waals surface area contributed by atoms with Gasteiger partial charge in [0.05, 0.1) is 20.9 Å². The molecule has 2 aromatic carbocycles. The summed E-state index contributed by atoms with van der Waals surface area (Å²) in [7, 11) is 0. The molecule has 0 saturated carbocycles. The Morgan fingerprint density at radius 3 is 2.86 bits per heavy atom. The van der Waals surface area contributed by atoms with Crippen molar-refractivity contribution < 1.29 is 9.18 Å². The first-order valence-corrected chi connectivity index (χ1v) is 7.84. The van der Waals surface area contributed by atoms with Crippen molar-refractivity contribution in [3.63, 3.8) is 0 Å². The van der Waals surface area contributed by atoms with Gasteiger partial charge in [-0.15, -0.1) is 11.3 Å². The standard InChI is InChI=1S/C17H15FN2OS/c1-11-6-7-13(12(18)10-11)19-16(21)8-9-17-20-14-4-2-3-5-15(14)22-17/h2-7,10H,8-9H2,1H3,(H,19,21). The van der Waals surface area contributed by atoms with E-state index in [2.05, 4.69) is 10.3 Å². The molecule has 112 valence electrons. The van der Waals surface area contributed by atoms with Crippen LogP contribution in [0.15, 0.2) is 42.5 Å². The van der Waals surface area contributed by atoms with Crippen LogP contribution in [0.3, 0.4) is 0 Å². The quantitative estimate of drug-likeness (QED) is 0.779. The molecule has 0 atom stereocenters. The summed E-state index contributed by atoms with van der Waals surface area (Å²) in [5.41, 5.74) is 2.00. The van der Waals surface area contributed by atoms with E-state index in [0.717, 1.165) is 20.8 Å². The summed E-state index contributed by atoms with van der Waals surface area (Å²) in [5.74, 6) is -0.615. The molecule has 0 fully saturated rings. The zero-order chi connectivity index (χ0) is 15.5. The van der Waals surface area contributed by atoms with E-state index in [1.807, 2.05) is 31.2 Å². The van der Waals surface area contributed by atoms with Gasteiger partial charge in [0.25, 0.3) is 0 Å². The molecule has 0 radical (unpaired) electrons. The fourth-order valence-corrected chi connectivity index (χ4v) is 3.15. The number of benzene rings is 2. The maximum absolute atomic E-state index is 13.7. The van der Waals surface area contributed by atoms with E-state index in [9.17, 15) is 9.18 Å². The van der Waals surface area contributed by atoms with Crippen LogP contribution in [0.5, 0.6) is 0 Å². The SMILES string of the molecule is Cc1ccc(NC(=O)CCc2nc3ccccc3s2)c(F)c1. The Labute approximate surface area is 131 Å². The first-order valence-electron chi connectivity index (χ1n) is 7.02. The molecule has 0 unspecified atom stereocenters. The van der Waals surface area contributed by atoms with Crippen LogP contribution in [-0.4, -0.2) is 10.9 Å². The van der Waals surface area contributed by atoms with Crippen molar-refractivity contribution in [3.05, 3.63) is 58.9 Å². The number of halogens is 1. The maximum Gasteiger partial charge on any atom is 0.224 e. The number of rotatable bonds is 4. The number of amides is 1. The topological polar surface area (TPSA) is 42.0 Å². The minimum absolute atomic E-state index is 0.206. The highest BCUT2D eigenvalue weighted by Crippen LogP contribution is 2.22. The lowest BCUT2D eigenvalue weighted by Gasteiger charge is -2.06. The fraction of sp³-hybridized carbons (Fsp3) is 0.176. The lowest BCUT2D eigenvalue weighted by atomic mass is 10.2. The van der Waals surface area contributed by atoms with Crippen molar-refractivity contribution in [2.45, 2.75) is 19.8 Å². The molecule has 0 spiro atoms. The Bertz CT molecular complexity index is 795. The highest BCUT2D eigenvalue weighted by molar-refractivity contribution is 7.18. The third-order valence-corrected chi connectivity index (χ3v) is 4.40. The van der Waals surface area contributed by atoms with Crippen LogP contribution in [0.4, 0.5) is 10.1 Å². The van der Waals surface area contributed by atoms with Gasteiger partial charge in [0.2, 0.25) is 5.91 Å². The normalized spacial score (nSPS) is 10.8. The Hall–Kier alpha value is -2.27. The van der Waals surface area contributed by atoms with E-state index in [4.69, 9.17) is 0 Å². The molecule has 3 rings (SSSR count). The molecule has 5 heteroatoms. The van der Waals surface area contributed by atoms with Gasteiger partial charge >= 0.3 is 0 Å². The van der Waals surface area contributed by atoms with Crippen molar-refractivity contribution in [1.82, 2.24) is 4.98 Å². The molecule has 3 aromatic rings. The van der Waals surface area contributed by atoms with Crippen LogP contribution in [-0.2, 0) is 11.2 Å². The van der Waals surface area contributed by atoms with Gasteiger partial charge in [-0.2, -0.15) is 0 Å². The minimum Gasteiger partial charge on any atom is -0.324 e. The van der Waals surface area contributed by atoms with E-state index in [-0.39, 0.29) is 18.0 Å². The number of carbonyl (C=O) groups excluding carboxylic acids is 1. The second-order valence-electron chi connectivity index (χ2n) is 5.11. The Kier molecular flexibility index (Phi) is 4.15. The zero-order valence-electron chi connectivity index (χ0n) is 12.1. The second-order valence-corrected chi connectivity index (χ2v) is 6.22. The third kappa shape index (κ3) is 3.31. The second kappa shape index (κ2) is 6.23. The first kappa shape index (κ1) is 14.7. The van der Waals surface area contributed by atoms with Gasteiger partial charge in [0.1, 0.15) is 5.82 Å². The average Bonchev–Trinajstić information content (AvgIpc) is 2.91. The van der Waals surface area contributed by atoms with Crippen LogP contribution in [0, 0.1) is 12.7 Å². The number of carbonyl (C=O) groups is 1. The van der Waals surface area contributed by atoms with Crippen molar-refractivity contribution in [2.75, 3.05) is 5.32 Å². The Morgan fingerprint density at radius 1 is 1.27 bits per heavy atom. The molecule has 1 heterocycles. The number of aryl methyl sites for hydroxylation is 2. The summed E-state index contributed by atoms with van der Waals surface area (Å²) in [6.07, 6.45) is 0.839. The van der Waals surface area contributed by atoms with Gasteiger partial charge in [-0.1, -0.05) is 18.2 Å². The molecule has 0 bridgehead atoms. The molecule has 22 heavy (non-hydrogen) atoms. The van der Waals surface area contributed by atoms with Gasteiger partial charge in [0, 0.05) is 12.8 Å². The predicted octanol–water partition coefficient (Wildman–Crippen LogP) is 4.32. The van der Waals surface area contributed by atoms with Crippen LogP contribution in [0.1, 0.15) is 17.0 Å². The van der Waals surface area contributed by atoms with Gasteiger partial charge in [0.15, 0.2) is 0 Å². The lowest BCUT2D eigenvalue weighted by molar-refractivity contribution is -0.116. The number of aromatic nitrogens is 1. The highest BCUT2D eigenvalue weighted by Gasteiger charge is 2.09. The zero-order valence-corrected chi connectivity index (χ0v) is 12.9. The molecule has 0 aliphatic carbocycles. The van der Waals surface area contributed by atoms with Crippen LogP contribution in [0.2, 0.25) is 0 Å². The molecule has 3 nitrogen and oxygen atoms in total. The summed E-state index contributed by atoms with van der Waals surface area (Å²) in [5, 5.41) is 3.52. The highest BCUT2D eigenvalue weighted by atomic mass is 32.1. The van der Waals surface area contributed by atoms with Crippen LogP contribution >= 0.6 is 11.3 Å². The number of thiazole rings is 1. The maximum atomic E-state index is 13.7. The number of hydrogen-bond donors (Lipinski definition) is 1. The van der Waals surface area contributed by atoms with E-state index < -0.39 is 5.82 Å². The van der Waals surface area contributed by atoms with Crippen molar-refractivity contribution in [3.8, 4) is 0 Å². The fourth-order valence-electron chi connectivity index (χ4n) is 2.18. The predicted molar refractivity (Wildman–Crippen MR) is 87.7 cm³/mol. The number of nitrogens with zero attached hydrogens (tertiary/aromatic N) is 1. The van der Waals surface area contributed by atoms with Crippen molar-refractivity contribution >= 4 is 33.1 Å². The summed E-state index contributed by atoms with van der Waals surface area (Å²) >= 11 is 1.59. The smallest absolute Gasteiger partial charge is 0.224 e. The molecule has 0 saturated heterocycles.